The molecule has 0 spiro atoms. The lowest BCUT2D eigenvalue weighted by molar-refractivity contribution is -0.0308. The summed E-state index contributed by atoms with van der Waals surface area (Å²) in [6.07, 6.45) is 6.64. The Kier molecular flexibility index (Phi) is 7.33. The van der Waals surface area contributed by atoms with E-state index in [1.165, 1.54) is 25.7 Å². The van der Waals surface area contributed by atoms with Crippen LogP contribution in [0.25, 0.3) is 0 Å². The zero-order chi connectivity index (χ0) is 14.3. The molecular formula is C16H33NO2. The van der Waals surface area contributed by atoms with Crippen molar-refractivity contribution in [3.63, 3.8) is 0 Å². The Hall–Kier alpha value is -0.120. The van der Waals surface area contributed by atoms with E-state index in [1.54, 1.807) is 7.11 Å². The van der Waals surface area contributed by atoms with E-state index in [2.05, 4.69) is 33.0 Å². The van der Waals surface area contributed by atoms with Gasteiger partial charge < -0.3 is 14.8 Å². The summed E-state index contributed by atoms with van der Waals surface area (Å²) in [4.78, 5) is 0. The molecule has 114 valence electrons. The van der Waals surface area contributed by atoms with Gasteiger partial charge in [0.05, 0.1) is 11.7 Å². The predicted octanol–water partition coefficient (Wildman–Crippen LogP) is 3.37. The van der Waals surface area contributed by atoms with Crippen LogP contribution in [0.3, 0.4) is 0 Å². The Morgan fingerprint density at radius 1 is 1.26 bits per heavy atom. The SMILES string of the molecule is CCNC(CCC(C)(C)OC)CC1CC(OCC)C1. The van der Waals surface area contributed by atoms with Crippen LogP contribution in [0, 0.1) is 5.92 Å². The summed E-state index contributed by atoms with van der Waals surface area (Å²) in [5, 5.41) is 3.63. The summed E-state index contributed by atoms with van der Waals surface area (Å²) in [6, 6.07) is 0.631. The second-order valence-corrected chi connectivity index (χ2v) is 6.41. The van der Waals surface area contributed by atoms with Crippen molar-refractivity contribution in [2.24, 2.45) is 5.92 Å². The molecule has 1 atom stereocenters. The first kappa shape index (κ1) is 16.9. The van der Waals surface area contributed by atoms with Crippen molar-refractivity contribution >= 4 is 0 Å². The molecule has 0 bridgehead atoms. The fourth-order valence-electron chi connectivity index (χ4n) is 2.86. The van der Waals surface area contributed by atoms with E-state index in [9.17, 15) is 0 Å². The highest BCUT2D eigenvalue weighted by Gasteiger charge is 2.31. The number of nitrogens with one attached hydrogen (secondary N) is 1. The minimum Gasteiger partial charge on any atom is -0.379 e. The first-order chi connectivity index (χ1) is 9.00. The van der Waals surface area contributed by atoms with Crippen LogP contribution in [0.2, 0.25) is 0 Å². The van der Waals surface area contributed by atoms with Crippen molar-refractivity contribution in [3.8, 4) is 0 Å². The van der Waals surface area contributed by atoms with Gasteiger partial charge in [0, 0.05) is 19.8 Å². The largest absolute Gasteiger partial charge is 0.379 e. The van der Waals surface area contributed by atoms with Gasteiger partial charge >= 0.3 is 0 Å². The van der Waals surface area contributed by atoms with Crippen molar-refractivity contribution in [3.05, 3.63) is 0 Å². The number of methoxy groups -OCH3 is 1. The van der Waals surface area contributed by atoms with Gasteiger partial charge in [-0.05, 0) is 65.3 Å². The molecule has 0 aromatic heterocycles. The van der Waals surface area contributed by atoms with Gasteiger partial charge in [0.15, 0.2) is 0 Å². The molecule has 0 radical (unpaired) electrons. The molecule has 1 aliphatic rings. The summed E-state index contributed by atoms with van der Waals surface area (Å²) >= 11 is 0. The lowest BCUT2D eigenvalue weighted by Crippen LogP contribution is -2.39. The van der Waals surface area contributed by atoms with E-state index < -0.39 is 0 Å². The molecular weight excluding hydrogens is 238 g/mol. The minimum absolute atomic E-state index is 0.00113. The van der Waals surface area contributed by atoms with Crippen LogP contribution in [0.15, 0.2) is 0 Å². The number of rotatable bonds is 10. The Morgan fingerprint density at radius 2 is 1.95 bits per heavy atom. The summed E-state index contributed by atoms with van der Waals surface area (Å²) in [6.45, 7) is 10.5. The van der Waals surface area contributed by atoms with Crippen LogP contribution in [0.4, 0.5) is 0 Å². The first-order valence-electron chi connectivity index (χ1n) is 7.90. The van der Waals surface area contributed by atoms with Crippen molar-refractivity contribution < 1.29 is 9.47 Å². The lowest BCUT2D eigenvalue weighted by Gasteiger charge is -2.37. The van der Waals surface area contributed by atoms with Gasteiger partial charge in [-0.3, -0.25) is 0 Å². The standard InChI is InChI=1S/C16H33NO2/c1-6-17-14(8-9-16(3,4)18-5)10-13-11-15(12-13)19-7-2/h13-15,17H,6-12H2,1-5H3. The normalized spacial score (nSPS) is 25.1. The molecule has 1 aliphatic carbocycles. The third kappa shape index (κ3) is 6.24. The van der Waals surface area contributed by atoms with Gasteiger partial charge in [-0.25, -0.2) is 0 Å². The number of hydrogen-bond donors (Lipinski definition) is 1. The minimum atomic E-state index is 0.00113. The van der Waals surface area contributed by atoms with E-state index in [1.807, 2.05) is 0 Å². The smallest absolute Gasteiger partial charge is 0.0623 e. The second kappa shape index (κ2) is 8.23. The highest BCUT2D eigenvalue weighted by molar-refractivity contribution is 4.85. The predicted molar refractivity (Wildman–Crippen MR) is 80.5 cm³/mol. The van der Waals surface area contributed by atoms with Gasteiger partial charge in [-0.15, -0.1) is 0 Å². The molecule has 1 fully saturated rings. The van der Waals surface area contributed by atoms with Crippen LogP contribution < -0.4 is 5.32 Å². The van der Waals surface area contributed by atoms with Gasteiger partial charge in [0.1, 0.15) is 0 Å². The molecule has 0 heterocycles. The van der Waals surface area contributed by atoms with Crippen LogP contribution >= 0.6 is 0 Å². The van der Waals surface area contributed by atoms with E-state index in [0.717, 1.165) is 25.5 Å². The molecule has 0 saturated heterocycles. The van der Waals surface area contributed by atoms with Crippen molar-refractivity contribution in [2.45, 2.75) is 77.5 Å². The fourth-order valence-corrected chi connectivity index (χ4v) is 2.86. The Balaban J connectivity index is 2.25. The monoisotopic (exact) mass is 271 g/mol. The third-order valence-electron chi connectivity index (χ3n) is 4.35. The quantitative estimate of drug-likeness (QED) is 0.661. The lowest BCUT2D eigenvalue weighted by atomic mass is 9.77. The molecule has 3 heteroatoms. The molecule has 1 unspecified atom stereocenters. The van der Waals surface area contributed by atoms with Crippen LogP contribution in [-0.4, -0.2) is 38.0 Å². The van der Waals surface area contributed by atoms with E-state index in [-0.39, 0.29) is 5.60 Å². The highest BCUT2D eigenvalue weighted by atomic mass is 16.5. The van der Waals surface area contributed by atoms with Crippen LogP contribution in [-0.2, 0) is 9.47 Å². The van der Waals surface area contributed by atoms with E-state index >= 15 is 0 Å². The first-order valence-corrected chi connectivity index (χ1v) is 7.90. The van der Waals surface area contributed by atoms with E-state index in [0.29, 0.717) is 12.1 Å². The average Bonchev–Trinajstić information content (AvgIpc) is 2.33. The Bertz CT molecular complexity index is 237. The molecule has 3 nitrogen and oxygen atoms in total. The maximum Gasteiger partial charge on any atom is 0.0623 e. The molecule has 0 amide bonds. The molecule has 19 heavy (non-hydrogen) atoms. The summed E-state index contributed by atoms with van der Waals surface area (Å²) < 4.78 is 11.2. The van der Waals surface area contributed by atoms with Gasteiger partial charge in [-0.1, -0.05) is 6.92 Å². The van der Waals surface area contributed by atoms with E-state index in [4.69, 9.17) is 9.47 Å². The van der Waals surface area contributed by atoms with Crippen LogP contribution in [0.1, 0.15) is 59.8 Å². The number of ether oxygens (including phenoxy) is 2. The average molecular weight is 271 g/mol. The molecule has 0 aromatic rings. The van der Waals surface area contributed by atoms with Crippen LogP contribution in [0.5, 0.6) is 0 Å². The van der Waals surface area contributed by atoms with Crippen molar-refractivity contribution in [1.29, 1.82) is 0 Å². The zero-order valence-corrected chi connectivity index (χ0v) is 13.5. The van der Waals surface area contributed by atoms with Crippen molar-refractivity contribution in [1.82, 2.24) is 5.32 Å². The maximum atomic E-state index is 5.64. The Labute approximate surface area is 119 Å². The van der Waals surface area contributed by atoms with Gasteiger partial charge in [0.25, 0.3) is 0 Å². The number of hydrogen-bond acceptors (Lipinski definition) is 3. The fraction of sp³-hybridized carbons (Fsp3) is 1.00. The Morgan fingerprint density at radius 3 is 2.47 bits per heavy atom. The molecule has 0 aliphatic heterocycles. The summed E-state index contributed by atoms with van der Waals surface area (Å²) in [7, 11) is 1.81. The summed E-state index contributed by atoms with van der Waals surface area (Å²) in [5.41, 5.74) is 0.00113. The van der Waals surface area contributed by atoms with Gasteiger partial charge in [-0.2, -0.15) is 0 Å². The van der Waals surface area contributed by atoms with Gasteiger partial charge in [0.2, 0.25) is 0 Å². The summed E-state index contributed by atoms with van der Waals surface area (Å²) in [5.74, 6) is 0.853. The molecule has 1 rings (SSSR count). The molecule has 0 aromatic carbocycles. The third-order valence-corrected chi connectivity index (χ3v) is 4.35. The van der Waals surface area contributed by atoms with Crippen molar-refractivity contribution in [2.75, 3.05) is 20.3 Å². The highest BCUT2D eigenvalue weighted by Crippen LogP contribution is 2.34. The zero-order valence-electron chi connectivity index (χ0n) is 13.5. The second-order valence-electron chi connectivity index (χ2n) is 6.41. The molecule has 1 saturated carbocycles. The molecule has 1 N–H and O–H groups in total. The maximum absolute atomic E-state index is 5.64. The topological polar surface area (TPSA) is 30.5 Å².